The highest BCUT2D eigenvalue weighted by Gasteiger charge is 2.20. The van der Waals surface area contributed by atoms with Gasteiger partial charge < -0.3 is 10.6 Å². The van der Waals surface area contributed by atoms with Gasteiger partial charge in [-0.05, 0) is 18.9 Å². The molecule has 1 amide bonds. The van der Waals surface area contributed by atoms with Gasteiger partial charge in [-0.3, -0.25) is 14.9 Å². The molecule has 2 N–H and O–H groups in total. The average Bonchev–Trinajstić information content (AvgIpc) is 2.77. The summed E-state index contributed by atoms with van der Waals surface area (Å²) in [5.41, 5.74) is 1.75. The number of nitro groups is 1. The molecule has 0 bridgehead atoms. The third kappa shape index (κ3) is 3.29. The van der Waals surface area contributed by atoms with Gasteiger partial charge in [0.2, 0.25) is 5.91 Å². The van der Waals surface area contributed by atoms with Crippen molar-refractivity contribution in [3.05, 3.63) is 39.4 Å². The normalized spacial score (nSPS) is 18.4. The lowest BCUT2D eigenvalue weighted by molar-refractivity contribution is -0.385. The van der Waals surface area contributed by atoms with Crippen LogP contribution in [0.1, 0.15) is 24.0 Å². The fourth-order valence-electron chi connectivity index (χ4n) is 2.27. The molecule has 1 fully saturated rings. The topological polar surface area (TPSA) is 84.3 Å². The number of hydrogen-bond donors (Lipinski definition) is 2. The molecule has 1 aliphatic heterocycles. The number of rotatable bonds is 5. The van der Waals surface area contributed by atoms with Crippen LogP contribution in [0.4, 0.5) is 5.69 Å². The molecule has 6 heteroatoms. The summed E-state index contributed by atoms with van der Waals surface area (Å²) in [5.74, 6) is 0.0957. The third-order valence-corrected chi connectivity index (χ3v) is 3.41. The Kier molecular flexibility index (Phi) is 4.11. The molecular weight excluding hydrogens is 246 g/mol. The first-order valence-corrected chi connectivity index (χ1v) is 6.31. The molecule has 0 saturated carbocycles. The van der Waals surface area contributed by atoms with Crippen LogP contribution in [0.2, 0.25) is 0 Å². The highest BCUT2D eigenvalue weighted by Crippen LogP contribution is 2.20. The van der Waals surface area contributed by atoms with Crippen molar-refractivity contribution >= 4 is 11.6 Å². The van der Waals surface area contributed by atoms with E-state index in [2.05, 4.69) is 10.6 Å². The van der Waals surface area contributed by atoms with E-state index in [1.165, 1.54) is 6.07 Å². The summed E-state index contributed by atoms with van der Waals surface area (Å²) < 4.78 is 0. The van der Waals surface area contributed by atoms with Crippen LogP contribution in [-0.2, 0) is 11.3 Å². The van der Waals surface area contributed by atoms with Gasteiger partial charge in [-0.1, -0.05) is 12.1 Å². The van der Waals surface area contributed by atoms with Gasteiger partial charge in [0.15, 0.2) is 0 Å². The van der Waals surface area contributed by atoms with Crippen LogP contribution in [0, 0.1) is 17.0 Å². The fourth-order valence-corrected chi connectivity index (χ4v) is 2.27. The second-order valence-electron chi connectivity index (χ2n) is 4.75. The van der Waals surface area contributed by atoms with Gasteiger partial charge in [-0.15, -0.1) is 0 Å². The van der Waals surface area contributed by atoms with Gasteiger partial charge in [0, 0.05) is 37.2 Å². The summed E-state index contributed by atoms with van der Waals surface area (Å²) in [5, 5.41) is 16.9. The molecule has 1 aromatic carbocycles. The van der Waals surface area contributed by atoms with Gasteiger partial charge in [0.25, 0.3) is 5.69 Å². The van der Waals surface area contributed by atoms with Crippen molar-refractivity contribution in [1.29, 1.82) is 0 Å². The van der Waals surface area contributed by atoms with E-state index >= 15 is 0 Å². The SMILES string of the molecule is Cc1c(CNCC2CCC(=O)N2)cccc1[N+](=O)[O-]. The molecule has 0 aromatic heterocycles. The van der Waals surface area contributed by atoms with Crippen LogP contribution < -0.4 is 10.6 Å². The van der Waals surface area contributed by atoms with Crippen LogP contribution in [-0.4, -0.2) is 23.4 Å². The lowest BCUT2D eigenvalue weighted by atomic mass is 10.1. The Hall–Kier alpha value is -1.95. The van der Waals surface area contributed by atoms with Gasteiger partial charge >= 0.3 is 0 Å². The second kappa shape index (κ2) is 5.79. The van der Waals surface area contributed by atoms with Crippen LogP contribution >= 0.6 is 0 Å². The van der Waals surface area contributed by atoms with Gasteiger partial charge in [0.1, 0.15) is 0 Å². The van der Waals surface area contributed by atoms with Crippen molar-refractivity contribution in [2.45, 2.75) is 32.4 Å². The van der Waals surface area contributed by atoms with Crippen LogP contribution in [0.5, 0.6) is 0 Å². The number of hydrogen-bond acceptors (Lipinski definition) is 4. The van der Waals surface area contributed by atoms with Crippen molar-refractivity contribution in [1.82, 2.24) is 10.6 Å². The molecule has 19 heavy (non-hydrogen) atoms. The lowest BCUT2D eigenvalue weighted by Crippen LogP contribution is -2.35. The van der Waals surface area contributed by atoms with Crippen molar-refractivity contribution in [2.75, 3.05) is 6.54 Å². The van der Waals surface area contributed by atoms with E-state index in [1.54, 1.807) is 13.0 Å². The van der Waals surface area contributed by atoms with Crippen LogP contribution in [0.15, 0.2) is 18.2 Å². The smallest absolute Gasteiger partial charge is 0.272 e. The van der Waals surface area contributed by atoms with E-state index in [0.29, 0.717) is 25.1 Å². The molecule has 0 aliphatic carbocycles. The molecule has 1 aromatic rings. The van der Waals surface area contributed by atoms with Gasteiger partial charge in [-0.25, -0.2) is 0 Å². The maximum Gasteiger partial charge on any atom is 0.272 e. The summed E-state index contributed by atoms with van der Waals surface area (Å²) >= 11 is 0. The zero-order valence-electron chi connectivity index (χ0n) is 10.8. The summed E-state index contributed by atoms with van der Waals surface area (Å²) in [7, 11) is 0. The van der Waals surface area contributed by atoms with Crippen molar-refractivity contribution in [3.63, 3.8) is 0 Å². The molecule has 2 rings (SSSR count). The number of carbonyl (C=O) groups excluding carboxylic acids is 1. The zero-order valence-corrected chi connectivity index (χ0v) is 10.8. The number of carbonyl (C=O) groups is 1. The lowest BCUT2D eigenvalue weighted by Gasteiger charge is -2.12. The molecule has 102 valence electrons. The predicted octanol–water partition coefficient (Wildman–Crippen LogP) is 1.27. The predicted molar refractivity (Wildman–Crippen MR) is 70.7 cm³/mol. The Balaban J connectivity index is 1.91. The minimum atomic E-state index is -0.365. The molecule has 0 radical (unpaired) electrons. The van der Waals surface area contributed by atoms with E-state index in [4.69, 9.17) is 0 Å². The summed E-state index contributed by atoms with van der Waals surface area (Å²) in [6.45, 7) is 3.01. The maximum atomic E-state index is 11.0. The van der Waals surface area contributed by atoms with Crippen LogP contribution in [0.3, 0.4) is 0 Å². The number of benzene rings is 1. The Morgan fingerprint density at radius 2 is 2.32 bits per heavy atom. The van der Waals surface area contributed by atoms with E-state index in [9.17, 15) is 14.9 Å². The van der Waals surface area contributed by atoms with Crippen molar-refractivity contribution in [2.24, 2.45) is 0 Å². The molecule has 1 aliphatic rings. The molecule has 1 atom stereocenters. The molecule has 1 unspecified atom stereocenters. The molecule has 6 nitrogen and oxygen atoms in total. The Labute approximate surface area is 111 Å². The summed E-state index contributed by atoms with van der Waals surface area (Å²) in [6, 6.07) is 5.25. The van der Waals surface area contributed by atoms with E-state index in [-0.39, 0.29) is 22.6 Å². The minimum Gasteiger partial charge on any atom is -0.352 e. The van der Waals surface area contributed by atoms with Crippen molar-refractivity contribution in [3.8, 4) is 0 Å². The Morgan fingerprint density at radius 3 is 2.95 bits per heavy atom. The highest BCUT2D eigenvalue weighted by molar-refractivity contribution is 5.78. The average molecular weight is 263 g/mol. The molecular formula is C13H17N3O3. The minimum absolute atomic E-state index is 0.0957. The van der Waals surface area contributed by atoms with Crippen molar-refractivity contribution < 1.29 is 9.72 Å². The highest BCUT2D eigenvalue weighted by atomic mass is 16.6. The molecule has 1 heterocycles. The van der Waals surface area contributed by atoms with E-state index < -0.39 is 0 Å². The van der Waals surface area contributed by atoms with Gasteiger partial charge in [-0.2, -0.15) is 0 Å². The number of nitrogens with one attached hydrogen (secondary N) is 2. The summed E-state index contributed by atoms with van der Waals surface area (Å²) in [6.07, 6.45) is 1.43. The third-order valence-electron chi connectivity index (χ3n) is 3.41. The fraction of sp³-hybridized carbons (Fsp3) is 0.462. The first kappa shape index (κ1) is 13.5. The van der Waals surface area contributed by atoms with Gasteiger partial charge in [0.05, 0.1) is 4.92 Å². The quantitative estimate of drug-likeness (QED) is 0.619. The van der Waals surface area contributed by atoms with E-state index in [0.717, 1.165) is 12.0 Å². The van der Waals surface area contributed by atoms with E-state index in [1.807, 2.05) is 6.07 Å². The molecule has 0 spiro atoms. The Bertz CT molecular complexity index is 502. The first-order valence-electron chi connectivity index (χ1n) is 6.31. The number of amides is 1. The Morgan fingerprint density at radius 1 is 1.53 bits per heavy atom. The summed E-state index contributed by atoms with van der Waals surface area (Å²) in [4.78, 5) is 21.5. The second-order valence-corrected chi connectivity index (χ2v) is 4.75. The number of nitro benzene ring substituents is 1. The maximum absolute atomic E-state index is 11.0. The first-order chi connectivity index (χ1) is 9.08. The molecule has 1 saturated heterocycles. The standard InChI is InChI=1S/C13H17N3O3/c1-9-10(3-2-4-12(9)16(18)19)7-14-8-11-5-6-13(17)15-11/h2-4,11,14H,5-8H2,1H3,(H,15,17). The largest absolute Gasteiger partial charge is 0.352 e. The zero-order chi connectivity index (χ0) is 13.8. The van der Waals surface area contributed by atoms with Crippen LogP contribution in [0.25, 0.3) is 0 Å². The monoisotopic (exact) mass is 263 g/mol. The number of nitrogens with zero attached hydrogens (tertiary/aromatic N) is 1.